The van der Waals surface area contributed by atoms with E-state index in [0.717, 1.165) is 31.0 Å². The molecule has 1 saturated carbocycles. The molecule has 214 valence electrons. The summed E-state index contributed by atoms with van der Waals surface area (Å²) in [5.41, 5.74) is 0.901. The Balaban J connectivity index is 1.40. The van der Waals surface area contributed by atoms with Crippen molar-refractivity contribution in [2.75, 3.05) is 44.4 Å². The van der Waals surface area contributed by atoms with E-state index < -0.39 is 48.3 Å². The molecule has 3 heterocycles. The lowest BCUT2D eigenvalue weighted by atomic mass is 9.97. The van der Waals surface area contributed by atoms with Gasteiger partial charge in [0, 0.05) is 25.0 Å². The Bertz CT molecular complexity index is 1150. The number of nitrogens with zero attached hydrogens (tertiary/aromatic N) is 3. The van der Waals surface area contributed by atoms with Crippen LogP contribution in [-0.4, -0.2) is 96.7 Å². The van der Waals surface area contributed by atoms with Crippen molar-refractivity contribution in [3.8, 4) is 0 Å². The zero-order valence-electron chi connectivity index (χ0n) is 21.8. The highest BCUT2D eigenvalue weighted by atomic mass is 32.2. The van der Waals surface area contributed by atoms with Crippen LogP contribution in [0.1, 0.15) is 46.1 Å². The number of piperidine rings is 1. The van der Waals surface area contributed by atoms with Gasteiger partial charge in [-0.25, -0.2) is 14.0 Å². The van der Waals surface area contributed by atoms with Gasteiger partial charge in [0.05, 0.1) is 25.2 Å². The first-order valence-corrected chi connectivity index (χ1v) is 15.1. The van der Waals surface area contributed by atoms with Gasteiger partial charge in [-0.3, -0.25) is 18.4 Å². The lowest BCUT2D eigenvalue weighted by molar-refractivity contribution is -0.119. The zero-order chi connectivity index (χ0) is 27.9. The predicted molar refractivity (Wildman–Crippen MR) is 139 cm³/mol. The second-order valence-corrected chi connectivity index (χ2v) is 13.9. The lowest BCUT2D eigenvalue weighted by Gasteiger charge is -2.34. The third-order valence-electron chi connectivity index (χ3n) is 7.58. The SMILES string of the molecule is CC(C)(CO)C(=O)SCCOP(=O)(OC[C@H]1OC2(C)[C@@H](n3ccc(N)nc3=O)C2(O)C1O)N1CCCCC1. The fourth-order valence-electron chi connectivity index (χ4n) is 5.12. The molecule has 0 radical (unpaired) electrons. The molecule has 4 unspecified atom stereocenters. The van der Waals surface area contributed by atoms with E-state index >= 15 is 0 Å². The van der Waals surface area contributed by atoms with Crippen LogP contribution in [0.25, 0.3) is 0 Å². The molecular formula is C23H37N4O9PS. The van der Waals surface area contributed by atoms with Crippen molar-refractivity contribution in [2.45, 2.75) is 69.5 Å². The van der Waals surface area contributed by atoms with Crippen LogP contribution in [0.4, 0.5) is 5.82 Å². The summed E-state index contributed by atoms with van der Waals surface area (Å²) in [6, 6.07) is 0.530. The Morgan fingerprint density at radius 1 is 1.34 bits per heavy atom. The first-order valence-electron chi connectivity index (χ1n) is 12.7. The van der Waals surface area contributed by atoms with Crippen molar-refractivity contribution in [1.82, 2.24) is 14.2 Å². The van der Waals surface area contributed by atoms with E-state index in [9.17, 15) is 29.5 Å². The van der Waals surface area contributed by atoms with E-state index in [4.69, 9.17) is 19.5 Å². The maximum Gasteiger partial charge on any atom is 0.408 e. The molecule has 5 N–H and O–H groups in total. The molecular weight excluding hydrogens is 539 g/mol. The number of aliphatic hydroxyl groups is 3. The minimum absolute atomic E-state index is 0.0312. The molecule has 15 heteroatoms. The highest BCUT2D eigenvalue weighted by Crippen LogP contribution is 2.67. The molecule has 3 fully saturated rings. The molecule has 1 aromatic heterocycles. The van der Waals surface area contributed by atoms with Crippen LogP contribution in [-0.2, 0) is 23.1 Å². The second-order valence-electron chi connectivity index (χ2n) is 10.8. The topological polar surface area (TPSA) is 187 Å². The van der Waals surface area contributed by atoms with Crippen LogP contribution in [0.2, 0.25) is 0 Å². The highest BCUT2D eigenvalue weighted by Gasteiger charge is 2.85. The Kier molecular flexibility index (Phi) is 8.50. The number of aromatic nitrogens is 2. The van der Waals surface area contributed by atoms with Gasteiger partial charge in [0.15, 0.2) is 5.12 Å². The third kappa shape index (κ3) is 5.23. The minimum Gasteiger partial charge on any atom is -0.395 e. The molecule has 0 aromatic carbocycles. The summed E-state index contributed by atoms with van der Waals surface area (Å²) in [5.74, 6) is 0.255. The predicted octanol–water partition coefficient (Wildman–Crippen LogP) is 0.535. The summed E-state index contributed by atoms with van der Waals surface area (Å²) in [4.78, 5) is 28.2. The van der Waals surface area contributed by atoms with Gasteiger partial charge in [-0.2, -0.15) is 4.98 Å². The molecule has 4 rings (SSSR count). The molecule has 3 aliphatic rings. The Morgan fingerprint density at radius 2 is 2.03 bits per heavy atom. The van der Waals surface area contributed by atoms with Crippen LogP contribution in [0.3, 0.4) is 0 Å². The molecule has 0 amide bonds. The third-order valence-corrected chi connectivity index (χ3v) is 10.8. The van der Waals surface area contributed by atoms with Gasteiger partial charge in [-0.05, 0) is 39.7 Å². The summed E-state index contributed by atoms with van der Waals surface area (Å²) < 4.78 is 34.1. The van der Waals surface area contributed by atoms with Gasteiger partial charge in [0.1, 0.15) is 35.3 Å². The first kappa shape index (κ1) is 29.6. The van der Waals surface area contributed by atoms with E-state index in [-0.39, 0.29) is 36.5 Å². The molecule has 2 saturated heterocycles. The van der Waals surface area contributed by atoms with Gasteiger partial charge >= 0.3 is 13.4 Å². The number of anilines is 1. The molecule has 1 aromatic rings. The van der Waals surface area contributed by atoms with Gasteiger partial charge < -0.3 is 25.8 Å². The van der Waals surface area contributed by atoms with Crippen molar-refractivity contribution < 1.29 is 38.5 Å². The van der Waals surface area contributed by atoms with Crippen LogP contribution in [0.15, 0.2) is 17.1 Å². The molecule has 0 spiro atoms. The second kappa shape index (κ2) is 10.9. The molecule has 38 heavy (non-hydrogen) atoms. The van der Waals surface area contributed by atoms with E-state index in [1.807, 2.05) is 0 Å². The fraction of sp³-hybridized carbons (Fsp3) is 0.783. The van der Waals surface area contributed by atoms with E-state index in [0.29, 0.717) is 13.1 Å². The molecule has 6 atom stereocenters. The largest absolute Gasteiger partial charge is 0.408 e. The van der Waals surface area contributed by atoms with Gasteiger partial charge in [0.2, 0.25) is 0 Å². The molecule has 0 bridgehead atoms. The number of carbonyl (C=O) groups is 1. The van der Waals surface area contributed by atoms with E-state index in [2.05, 4.69) is 4.98 Å². The van der Waals surface area contributed by atoms with Gasteiger partial charge in [-0.15, -0.1) is 0 Å². The van der Waals surface area contributed by atoms with Crippen molar-refractivity contribution in [2.24, 2.45) is 5.41 Å². The summed E-state index contributed by atoms with van der Waals surface area (Å²) in [6.45, 7) is 5.23. The molecule has 1 aliphatic carbocycles. The quantitative estimate of drug-likeness (QED) is 0.211. The maximum absolute atomic E-state index is 13.8. The standard InChI is InChI=1S/C23H37N4O9PS/c1-21(2,14-28)19(30)38-12-11-34-37(33,26-8-5-4-6-9-26)35-13-15-17(29)23(32)18(22(23,3)36-15)27-10-7-16(24)25-20(27)31/h7,10,15,17-18,28-29,32H,4-6,8-9,11-14H2,1-3H3,(H2,24,25,31)/t15-,17?,18-,22?,23?,37?/m1/s1. The summed E-state index contributed by atoms with van der Waals surface area (Å²) in [7, 11) is -3.81. The first-order chi connectivity index (χ1) is 17.8. The number of rotatable bonds is 11. The van der Waals surface area contributed by atoms with Crippen molar-refractivity contribution in [3.05, 3.63) is 22.7 Å². The van der Waals surface area contributed by atoms with Crippen LogP contribution in [0.5, 0.6) is 0 Å². The van der Waals surface area contributed by atoms with Gasteiger partial charge in [0.25, 0.3) is 0 Å². The van der Waals surface area contributed by atoms with Gasteiger partial charge in [-0.1, -0.05) is 18.2 Å². The Hall–Kier alpha value is -1.35. The number of hydrogen-bond donors (Lipinski definition) is 4. The molecule has 2 aliphatic heterocycles. The number of fused-ring (bicyclic) bond motifs is 1. The number of ether oxygens (including phenoxy) is 1. The van der Waals surface area contributed by atoms with Crippen LogP contribution < -0.4 is 11.4 Å². The number of nitrogens with two attached hydrogens (primary N) is 1. The average Bonchev–Trinajstić information content (AvgIpc) is 3.30. The van der Waals surface area contributed by atoms with Crippen molar-refractivity contribution >= 4 is 30.4 Å². The van der Waals surface area contributed by atoms with Crippen molar-refractivity contribution in [3.63, 3.8) is 0 Å². The fourth-order valence-corrected chi connectivity index (χ4v) is 7.88. The minimum atomic E-state index is -3.81. The average molecular weight is 577 g/mol. The summed E-state index contributed by atoms with van der Waals surface area (Å²) in [6.07, 6.45) is 1.56. The Labute approximate surface area is 225 Å². The summed E-state index contributed by atoms with van der Waals surface area (Å²) in [5, 5.41) is 31.4. The van der Waals surface area contributed by atoms with E-state index in [1.54, 1.807) is 25.4 Å². The summed E-state index contributed by atoms with van der Waals surface area (Å²) >= 11 is 0.987. The smallest absolute Gasteiger partial charge is 0.395 e. The maximum atomic E-state index is 13.8. The van der Waals surface area contributed by atoms with E-state index in [1.165, 1.54) is 16.8 Å². The number of nitrogen functional groups attached to an aromatic ring is 1. The number of hydrogen-bond acceptors (Lipinski definition) is 12. The Morgan fingerprint density at radius 3 is 2.61 bits per heavy atom. The highest BCUT2D eigenvalue weighted by molar-refractivity contribution is 8.13. The molecule has 13 nitrogen and oxygen atoms in total. The van der Waals surface area contributed by atoms with Crippen molar-refractivity contribution in [1.29, 1.82) is 0 Å². The lowest BCUT2D eigenvalue weighted by Crippen LogP contribution is -2.42. The number of thioether (sulfide) groups is 1. The zero-order valence-corrected chi connectivity index (χ0v) is 23.5. The normalized spacial score (nSPS) is 33.1. The van der Waals surface area contributed by atoms with Crippen LogP contribution in [0, 0.1) is 5.41 Å². The number of carbonyl (C=O) groups excluding carboxylic acids is 1. The number of aliphatic hydroxyl groups excluding tert-OH is 2. The van der Waals surface area contributed by atoms with Crippen LogP contribution >= 0.6 is 19.5 Å². The monoisotopic (exact) mass is 576 g/mol.